The zero-order chi connectivity index (χ0) is 15.2. The lowest BCUT2D eigenvalue weighted by Crippen LogP contribution is -2.33. The first kappa shape index (κ1) is 17.0. The van der Waals surface area contributed by atoms with Gasteiger partial charge in [-0.2, -0.15) is 13.2 Å². The molecule has 20 heavy (non-hydrogen) atoms. The molecule has 0 aliphatic carbocycles. The Labute approximate surface area is 119 Å². The second-order valence-corrected chi connectivity index (χ2v) is 4.98. The number of hydrogen-bond donors (Lipinski definition) is 1. The van der Waals surface area contributed by atoms with E-state index in [0.29, 0.717) is 12.1 Å². The molecule has 1 atom stereocenters. The fraction of sp³-hybridized carbons (Fsp3) is 0.600. The van der Waals surface area contributed by atoms with Gasteiger partial charge in [0, 0.05) is 12.6 Å². The van der Waals surface area contributed by atoms with Crippen molar-refractivity contribution in [3.05, 3.63) is 35.4 Å². The van der Waals surface area contributed by atoms with Crippen LogP contribution >= 0.6 is 0 Å². The quantitative estimate of drug-likeness (QED) is 0.823. The van der Waals surface area contributed by atoms with Crippen molar-refractivity contribution in [1.29, 1.82) is 0 Å². The van der Waals surface area contributed by atoms with Crippen LogP contribution in [0.4, 0.5) is 13.2 Å². The van der Waals surface area contributed by atoms with E-state index in [4.69, 9.17) is 0 Å². The van der Waals surface area contributed by atoms with Gasteiger partial charge in [-0.1, -0.05) is 26.0 Å². The predicted molar refractivity (Wildman–Crippen MR) is 75.6 cm³/mol. The van der Waals surface area contributed by atoms with Crippen LogP contribution < -0.4 is 5.32 Å². The first-order valence-electron chi connectivity index (χ1n) is 6.97. The zero-order valence-corrected chi connectivity index (χ0v) is 12.3. The van der Waals surface area contributed by atoms with Gasteiger partial charge in [-0.05, 0) is 44.3 Å². The molecule has 0 heterocycles. The molecule has 0 saturated heterocycles. The smallest absolute Gasteiger partial charge is 0.309 e. The molecule has 0 aliphatic rings. The molecule has 0 radical (unpaired) electrons. The SMILES string of the molecule is CCCNC(CN(C)CC)c1cccc(C(F)(F)F)c1. The largest absolute Gasteiger partial charge is 0.416 e. The number of hydrogen-bond acceptors (Lipinski definition) is 2. The van der Waals surface area contributed by atoms with Crippen LogP contribution in [0.25, 0.3) is 0 Å². The van der Waals surface area contributed by atoms with Gasteiger partial charge < -0.3 is 10.2 Å². The number of halogens is 3. The molecule has 0 spiro atoms. The van der Waals surface area contributed by atoms with Crippen molar-refractivity contribution in [3.63, 3.8) is 0 Å². The lowest BCUT2D eigenvalue weighted by Gasteiger charge is -2.25. The average molecular weight is 288 g/mol. The summed E-state index contributed by atoms with van der Waals surface area (Å²) in [7, 11) is 1.97. The van der Waals surface area contributed by atoms with Crippen molar-refractivity contribution in [3.8, 4) is 0 Å². The summed E-state index contributed by atoms with van der Waals surface area (Å²) >= 11 is 0. The molecule has 0 bridgehead atoms. The third kappa shape index (κ3) is 5.13. The maximum absolute atomic E-state index is 12.8. The van der Waals surface area contributed by atoms with Gasteiger partial charge in [0.25, 0.3) is 0 Å². The second-order valence-electron chi connectivity index (χ2n) is 4.98. The van der Waals surface area contributed by atoms with E-state index < -0.39 is 11.7 Å². The minimum Gasteiger partial charge on any atom is -0.309 e. The van der Waals surface area contributed by atoms with Crippen LogP contribution in [0.1, 0.15) is 37.4 Å². The van der Waals surface area contributed by atoms with Gasteiger partial charge in [-0.15, -0.1) is 0 Å². The van der Waals surface area contributed by atoms with Crippen LogP contribution in [0.2, 0.25) is 0 Å². The Morgan fingerprint density at radius 1 is 1.25 bits per heavy atom. The minimum atomic E-state index is -4.29. The van der Waals surface area contributed by atoms with Crippen molar-refractivity contribution in [2.45, 2.75) is 32.5 Å². The van der Waals surface area contributed by atoms with Crippen LogP contribution in [0.3, 0.4) is 0 Å². The van der Waals surface area contributed by atoms with E-state index >= 15 is 0 Å². The third-order valence-corrected chi connectivity index (χ3v) is 3.29. The van der Waals surface area contributed by atoms with Crippen LogP contribution in [0.15, 0.2) is 24.3 Å². The summed E-state index contributed by atoms with van der Waals surface area (Å²) in [6.45, 7) is 6.42. The molecule has 1 unspecified atom stereocenters. The molecule has 114 valence electrons. The first-order chi connectivity index (χ1) is 9.38. The number of likely N-dealkylation sites (N-methyl/N-ethyl adjacent to an activating group) is 1. The normalized spacial score (nSPS) is 13.8. The molecular formula is C15H23F3N2. The second kappa shape index (κ2) is 7.64. The highest BCUT2D eigenvalue weighted by Crippen LogP contribution is 2.30. The number of nitrogens with zero attached hydrogens (tertiary/aromatic N) is 1. The highest BCUT2D eigenvalue weighted by atomic mass is 19.4. The Morgan fingerprint density at radius 3 is 2.50 bits per heavy atom. The van der Waals surface area contributed by atoms with Gasteiger partial charge in [0.2, 0.25) is 0 Å². The van der Waals surface area contributed by atoms with E-state index in [1.807, 2.05) is 20.9 Å². The Bertz CT molecular complexity index is 404. The van der Waals surface area contributed by atoms with Gasteiger partial charge in [-0.3, -0.25) is 0 Å². The molecule has 0 aliphatic heterocycles. The van der Waals surface area contributed by atoms with Crippen molar-refractivity contribution in [1.82, 2.24) is 10.2 Å². The minimum absolute atomic E-state index is 0.0813. The van der Waals surface area contributed by atoms with E-state index in [1.165, 1.54) is 12.1 Å². The monoisotopic (exact) mass is 288 g/mol. The molecule has 1 rings (SSSR count). The predicted octanol–water partition coefficient (Wildman–Crippen LogP) is 3.70. The van der Waals surface area contributed by atoms with Gasteiger partial charge in [-0.25, -0.2) is 0 Å². The van der Waals surface area contributed by atoms with Crippen LogP contribution in [0.5, 0.6) is 0 Å². The zero-order valence-electron chi connectivity index (χ0n) is 12.3. The fourth-order valence-corrected chi connectivity index (χ4v) is 1.98. The van der Waals surface area contributed by atoms with E-state index in [2.05, 4.69) is 10.2 Å². The van der Waals surface area contributed by atoms with Crippen molar-refractivity contribution in [2.75, 3.05) is 26.7 Å². The van der Waals surface area contributed by atoms with Gasteiger partial charge >= 0.3 is 6.18 Å². The van der Waals surface area contributed by atoms with Gasteiger partial charge in [0.05, 0.1) is 5.56 Å². The van der Waals surface area contributed by atoms with Gasteiger partial charge in [0.1, 0.15) is 0 Å². The van der Waals surface area contributed by atoms with E-state index in [9.17, 15) is 13.2 Å². The summed E-state index contributed by atoms with van der Waals surface area (Å²) in [5.41, 5.74) is 0.103. The average Bonchev–Trinajstić information content (AvgIpc) is 2.42. The van der Waals surface area contributed by atoms with E-state index in [-0.39, 0.29) is 6.04 Å². The molecular weight excluding hydrogens is 265 g/mol. The number of rotatable bonds is 7. The van der Waals surface area contributed by atoms with Crippen LogP contribution in [-0.2, 0) is 6.18 Å². The molecule has 0 saturated carbocycles. The molecule has 2 nitrogen and oxygen atoms in total. The number of alkyl halides is 3. The number of benzene rings is 1. The summed E-state index contributed by atoms with van der Waals surface area (Å²) in [4.78, 5) is 2.09. The topological polar surface area (TPSA) is 15.3 Å². The highest BCUT2D eigenvalue weighted by molar-refractivity contribution is 5.28. The number of nitrogens with one attached hydrogen (secondary N) is 1. The molecule has 1 aromatic rings. The third-order valence-electron chi connectivity index (χ3n) is 3.29. The summed E-state index contributed by atoms with van der Waals surface area (Å²) in [5, 5.41) is 3.32. The lowest BCUT2D eigenvalue weighted by molar-refractivity contribution is -0.137. The van der Waals surface area contributed by atoms with Crippen LogP contribution in [0, 0.1) is 0 Å². The highest BCUT2D eigenvalue weighted by Gasteiger charge is 2.31. The summed E-state index contributed by atoms with van der Waals surface area (Å²) in [6.07, 6.45) is -3.34. The molecule has 0 fully saturated rings. The standard InChI is InChI=1S/C15H23F3N2/c1-4-9-19-14(11-20(3)5-2)12-7-6-8-13(10-12)15(16,17)18/h6-8,10,14,19H,4-5,9,11H2,1-3H3. The van der Waals surface area contributed by atoms with Crippen molar-refractivity contribution in [2.24, 2.45) is 0 Å². The first-order valence-corrected chi connectivity index (χ1v) is 6.97. The summed E-state index contributed by atoms with van der Waals surface area (Å²) in [6, 6.07) is 5.51. The fourth-order valence-electron chi connectivity index (χ4n) is 1.98. The molecule has 1 aromatic carbocycles. The molecule has 1 N–H and O–H groups in total. The Morgan fingerprint density at radius 2 is 1.95 bits per heavy atom. The van der Waals surface area contributed by atoms with E-state index in [0.717, 1.165) is 25.6 Å². The molecule has 0 amide bonds. The lowest BCUT2D eigenvalue weighted by atomic mass is 10.0. The Hall–Kier alpha value is -1.07. The van der Waals surface area contributed by atoms with Crippen LogP contribution in [-0.4, -0.2) is 31.6 Å². The Balaban J connectivity index is 2.94. The van der Waals surface area contributed by atoms with Crippen molar-refractivity contribution >= 4 is 0 Å². The maximum Gasteiger partial charge on any atom is 0.416 e. The molecule has 5 heteroatoms. The van der Waals surface area contributed by atoms with Gasteiger partial charge in [0.15, 0.2) is 0 Å². The summed E-state index contributed by atoms with van der Waals surface area (Å²) < 4.78 is 38.3. The molecule has 0 aromatic heterocycles. The Kier molecular flexibility index (Phi) is 6.49. The van der Waals surface area contributed by atoms with Crippen molar-refractivity contribution < 1.29 is 13.2 Å². The van der Waals surface area contributed by atoms with E-state index in [1.54, 1.807) is 6.07 Å². The maximum atomic E-state index is 12.8. The summed E-state index contributed by atoms with van der Waals surface area (Å²) in [5.74, 6) is 0.